The highest BCUT2D eigenvalue weighted by molar-refractivity contribution is 5.81. The summed E-state index contributed by atoms with van der Waals surface area (Å²) in [5.41, 5.74) is 6.25. The van der Waals surface area contributed by atoms with Crippen LogP contribution >= 0.6 is 0 Å². The van der Waals surface area contributed by atoms with E-state index in [1.54, 1.807) is 18.3 Å². The average Bonchev–Trinajstić information content (AvgIpc) is 2.42. The molecule has 0 fully saturated rings. The number of nitrogens with zero attached hydrogens (tertiary/aromatic N) is 1. The summed E-state index contributed by atoms with van der Waals surface area (Å²) in [6.07, 6.45) is 1.84. The van der Waals surface area contributed by atoms with Crippen LogP contribution in [0.4, 0.5) is 11.5 Å². The van der Waals surface area contributed by atoms with Crippen molar-refractivity contribution in [2.75, 3.05) is 31.2 Å². The molecule has 4 N–H and O–H groups in total. The van der Waals surface area contributed by atoms with Gasteiger partial charge >= 0.3 is 5.97 Å². The van der Waals surface area contributed by atoms with Crippen molar-refractivity contribution in [3.63, 3.8) is 0 Å². The Bertz CT molecular complexity index is 437. The lowest BCUT2D eigenvalue weighted by Crippen LogP contribution is -2.29. The number of pyridine rings is 1. The second-order valence-electron chi connectivity index (χ2n) is 3.79. The first-order chi connectivity index (χ1) is 9.13. The van der Waals surface area contributed by atoms with Gasteiger partial charge < -0.3 is 21.1 Å². The molecule has 0 aliphatic carbocycles. The van der Waals surface area contributed by atoms with Gasteiger partial charge in [0.2, 0.25) is 5.91 Å². The van der Waals surface area contributed by atoms with Crippen LogP contribution in [0.25, 0.3) is 0 Å². The number of hydrogen-bond acceptors (Lipinski definition) is 6. The van der Waals surface area contributed by atoms with Crippen LogP contribution < -0.4 is 16.4 Å². The van der Waals surface area contributed by atoms with Crippen molar-refractivity contribution in [1.82, 2.24) is 10.3 Å². The molecule has 0 saturated heterocycles. The Hall–Kier alpha value is -2.31. The summed E-state index contributed by atoms with van der Waals surface area (Å²) in [5.74, 6) is 0.00189. The summed E-state index contributed by atoms with van der Waals surface area (Å²) >= 11 is 0. The Morgan fingerprint density at radius 3 is 2.84 bits per heavy atom. The summed E-state index contributed by atoms with van der Waals surface area (Å²) in [7, 11) is 1.29. The molecule has 0 atom stereocenters. The van der Waals surface area contributed by atoms with Crippen LogP contribution in [0.2, 0.25) is 0 Å². The lowest BCUT2D eigenvalue weighted by atomic mass is 10.3. The molecule has 1 aromatic heterocycles. The fraction of sp³-hybridized carbons (Fsp3) is 0.417. The fourth-order valence-electron chi connectivity index (χ4n) is 1.35. The van der Waals surface area contributed by atoms with Crippen molar-refractivity contribution >= 4 is 23.4 Å². The van der Waals surface area contributed by atoms with Gasteiger partial charge in [0.05, 0.1) is 19.2 Å². The third-order valence-electron chi connectivity index (χ3n) is 2.36. The highest BCUT2D eigenvalue weighted by Crippen LogP contribution is 2.11. The lowest BCUT2D eigenvalue weighted by molar-refractivity contribution is -0.142. The predicted octanol–water partition coefficient (Wildman–Crippen LogP) is 0.145. The first-order valence-electron chi connectivity index (χ1n) is 5.91. The number of carbonyl (C=O) groups excluding carboxylic acids is 2. The number of anilines is 2. The first kappa shape index (κ1) is 14.7. The minimum absolute atomic E-state index is 0.0863. The van der Waals surface area contributed by atoms with Crippen LogP contribution in [0.15, 0.2) is 18.3 Å². The Labute approximate surface area is 111 Å². The second-order valence-corrected chi connectivity index (χ2v) is 3.79. The molecule has 0 spiro atoms. The van der Waals surface area contributed by atoms with E-state index in [0.29, 0.717) is 24.6 Å². The van der Waals surface area contributed by atoms with Gasteiger partial charge in [0.25, 0.3) is 0 Å². The Morgan fingerprint density at radius 2 is 2.16 bits per heavy atom. The molecule has 19 heavy (non-hydrogen) atoms. The number of hydrogen-bond donors (Lipinski definition) is 3. The average molecular weight is 266 g/mol. The van der Waals surface area contributed by atoms with Crippen molar-refractivity contribution in [2.45, 2.75) is 12.8 Å². The largest absolute Gasteiger partial charge is 0.469 e. The molecule has 0 bridgehead atoms. The molecule has 7 nitrogen and oxygen atoms in total. The summed E-state index contributed by atoms with van der Waals surface area (Å²) in [5, 5.41) is 5.68. The number of ether oxygens (including phenoxy) is 1. The van der Waals surface area contributed by atoms with Gasteiger partial charge in [-0.1, -0.05) is 0 Å². The van der Waals surface area contributed by atoms with E-state index in [1.807, 2.05) is 0 Å². The van der Waals surface area contributed by atoms with E-state index in [4.69, 9.17) is 5.73 Å². The molecule has 1 heterocycles. The number of esters is 1. The monoisotopic (exact) mass is 266 g/mol. The van der Waals surface area contributed by atoms with Gasteiger partial charge in [-0.15, -0.1) is 0 Å². The topological polar surface area (TPSA) is 106 Å². The van der Waals surface area contributed by atoms with E-state index in [9.17, 15) is 9.59 Å². The van der Waals surface area contributed by atoms with Gasteiger partial charge in [-0.25, -0.2) is 4.98 Å². The number of amides is 1. The molecule has 0 aliphatic rings. The molecular formula is C12H18N4O3. The number of carbonyl (C=O) groups is 2. The second kappa shape index (κ2) is 7.91. The smallest absolute Gasteiger partial charge is 0.306 e. The molecule has 1 aromatic rings. The van der Waals surface area contributed by atoms with E-state index < -0.39 is 5.97 Å². The number of nitrogens with one attached hydrogen (secondary N) is 2. The Balaban J connectivity index is 2.15. The molecule has 0 aromatic carbocycles. The molecule has 0 unspecified atom stereocenters. The van der Waals surface area contributed by atoms with E-state index in [-0.39, 0.29) is 18.7 Å². The summed E-state index contributed by atoms with van der Waals surface area (Å²) < 4.78 is 4.44. The SMILES string of the molecule is COC(=O)CCC(=O)NCCNc1ncccc1N. The maximum absolute atomic E-state index is 11.4. The Morgan fingerprint density at radius 1 is 1.37 bits per heavy atom. The number of rotatable bonds is 7. The van der Waals surface area contributed by atoms with Crippen molar-refractivity contribution in [3.05, 3.63) is 18.3 Å². The third kappa shape index (κ3) is 5.71. The number of aromatic nitrogens is 1. The van der Waals surface area contributed by atoms with E-state index in [1.165, 1.54) is 7.11 Å². The standard InChI is InChI=1S/C12H18N4O3/c1-19-11(18)5-4-10(17)14-7-8-16-12-9(13)3-2-6-15-12/h2-3,6H,4-5,7-8,13H2,1H3,(H,14,17)(H,15,16). The molecule has 0 saturated carbocycles. The van der Waals surface area contributed by atoms with E-state index in [0.717, 1.165) is 0 Å². The van der Waals surface area contributed by atoms with Gasteiger partial charge in [0.1, 0.15) is 5.82 Å². The lowest BCUT2D eigenvalue weighted by Gasteiger charge is -2.08. The van der Waals surface area contributed by atoms with Crippen molar-refractivity contribution in [3.8, 4) is 0 Å². The number of nitrogen functional groups attached to an aromatic ring is 1. The van der Waals surface area contributed by atoms with E-state index >= 15 is 0 Å². The maximum atomic E-state index is 11.4. The molecular weight excluding hydrogens is 248 g/mol. The van der Waals surface area contributed by atoms with Crippen LogP contribution in [-0.2, 0) is 14.3 Å². The van der Waals surface area contributed by atoms with Gasteiger partial charge in [0, 0.05) is 25.7 Å². The van der Waals surface area contributed by atoms with Gasteiger partial charge in [-0.05, 0) is 12.1 Å². The van der Waals surface area contributed by atoms with Crippen molar-refractivity contribution in [1.29, 1.82) is 0 Å². The summed E-state index contributed by atoms with van der Waals surface area (Å²) in [6, 6.07) is 3.49. The number of nitrogens with two attached hydrogens (primary N) is 1. The zero-order valence-electron chi connectivity index (χ0n) is 10.8. The zero-order chi connectivity index (χ0) is 14.1. The molecule has 0 radical (unpaired) electrons. The number of methoxy groups -OCH3 is 1. The van der Waals surface area contributed by atoms with Crippen molar-refractivity contribution < 1.29 is 14.3 Å². The van der Waals surface area contributed by atoms with Crippen molar-refractivity contribution in [2.24, 2.45) is 0 Å². The third-order valence-corrected chi connectivity index (χ3v) is 2.36. The van der Waals surface area contributed by atoms with Gasteiger partial charge in [-0.3, -0.25) is 9.59 Å². The van der Waals surface area contributed by atoms with Gasteiger partial charge in [-0.2, -0.15) is 0 Å². The zero-order valence-corrected chi connectivity index (χ0v) is 10.8. The molecule has 104 valence electrons. The maximum Gasteiger partial charge on any atom is 0.306 e. The van der Waals surface area contributed by atoms with Gasteiger partial charge in [0.15, 0.2) is 0 Å². The van der Waals surface area contributed by atoms with E-state index in [2.05, 4.69) is 20.4 Å². The molecule has 1 amide bonds. The highest BCUT2D eigenvalue weighted by atomic mass is 16.5. The normalized spacial score (nSPS) is 9.74. The minimum atomic E-state index is -0.394. The fourth-order valence-corrected chi connectivity index (χ4v) is 1.35. The molecule has 0 aliphatic heterocycles. The highest BCUT2D eigenvalue weighted by Gasteiger charge is 2.06. The first-order valence-corrected chi connectivity index (χ1v) is 5.91. The Kier molecular flexibility index (Phi) is 6.14. The van der Waals surface area contributed by atoms with Crippen LogP contribution in [0.3, 0.4) is 0 Å². The minimum Gasteiger partial charge on any atom is -0.469 e. The molecule has 1 rings (SSSR count). The quantitative estimate of drug-likeness (QED) is 0.479. The summed E-state index contributed by atoms with van der Waals surface area (Å²) in [6.45, 7) is 0.932. The summed E-state index contributed by atoms with van der Waals surface area (Å²) in [4.78, 5) is 26.2. The molecule has 7 heteroatoms. The van der Waals surface area contributed by atoms with Crippen LogP contribution in [0, 0.1) is 0 Å². The predicted molar refractivity (Wildman–Crippen MR) is 71.4 cm³/mol. The van der Waals surface area contributed by atoms with Crippen LogP contribution in [0.5, 0.6) is 0 Å². The van der Waals surface area contributed by atoms with Crippen LogP contribution in [-0.4, -0.2) is 37.1 Å². The van der Waals surface area contributed by atoms with Crippen LogP contribution in [0.1, 0.15) is 12.8 Å².